The number of benzene rings is 1. The Morgan fingerprint density at radius 1 is 1.30 bits per heavy atom. The van der Waals surface area contributed by atoms with E-state index in [0.717, 1.165) is 24.4 Å². The second kappa shape index (κ2) is 4.83. The molecule has 104 valence electrons. The zero-order valence-corrected chi connectivity index (χ0v) is 11.3. The summed E-state index contributed by atoms with van der Waals surface area (Å²) in [5.74, 6) is -0.0590. The molecule has 1 atom stereocenters. The summed E-state index contributed by atoms with van der Waals surface area (Å²) in [7, 11) is 1.80. The Bertz CT molecular complexity index is 617. The van der Waals surface area contributed by atoms with Gasteiger partial charge in [-0.15, -0.1) is 0 Å². The van der Waals surface area contributed by atoms with Gasteiger partial charge in [-0.05, 0) is 24.0 Å². The predicted octanol–water partition coefficient (Wildman–Crippen LogP) is 1.89. The number of nitrogens with zero attached hydrogens (tertiary/aromatic N) is 3. The lowest BCUT2D eigenvalue weighted by atomic mass is 9.95. The van der Waals surface area contributed by atoms with Crippen molar-refractivity contribution in [3.63, 3.8) is 0 Å². The maximum atomic E-state index is 12.8. The summed E-state index contributed by atoms with van der Waals surface area (Å²) in [6.07, 6.45) is 3.81. The lowest BCUT2D eigenvalue weighted by Gasteiger charge is -2.29. The molecular weight excluding hydrogens is 257 g/mol. The average molecular weight is 273 g/mol. The molecule has 3 rings (SSSR count). The van der Waals surface area contributed by atoms with E-state index in [9.17, 15) is 9.50 Å². The average Bonchev–Trinajstić information content (AvgIpc) is 2.78. The van der Waals surface area contributed by atoms with Crippen LogP contribution in [0.3, 0.4) is 0 Å². The van der Waals surface area contributed by atoms with Gasteiger partial charge in [-0.25, -0.2) is 14.4 Å². The number of halogens is 1. The molecule has 0 bridgehead atoms. The molecule has 5 heteroatoms. The molecule has 0 fully saturated rings. The predicted molar refractivity (Wildman–Crippen MR) is 73.9 cm³/mol. The highest BCUT2D eigenvalue weighted by Crippen LogP contribution is 2.37. The van der Waals surface area contributed by atoms with Crippen LogP contribution in [0.2, 0.25) is 0 Å². The van der Waals surface area contributed by atoms with Gasteiger partial charge in [0.05, 0.1) is 18.9 Å². The van der Waals surface area contributed by atoms with E-state index in [-0.39, 0.29) is 0 Å². The molecule has 1 heterocycles. The van der Waals surface area contributed by atoms with Crippen LogP contribution >= 0.6 is 0 Å². The second-order valence-electron chi connectivity index (χ2n) is 5.25. The van der Waals surface area contributed by atoms with Gasteiger partial charge in [0.1, 0.15) is 5.60 Å². The zero-order valence-electron chi connectivity index (χ0n) is 11.3. The van der Waals surface area contributed by atoms with Gasteiger partial charge in [-0.3, -0.25) is 0 Å². The highest BCUT2D eigenvalue weighted by Gasteiger charge is 2.37. The smallest absolute Gasteiger partial charge is 0.225 e. The molecular formula is C15H16FN3O. The number of likely N-dealkylation sites (N-methyl/N-ethyl adjacent to an activating group) is 1. The van der Waals surface area contributed by atoms with Gasteiger partial charge in [0.2, 0.25) is 5.95 Å². The van der Waals surface area contributed by atoms with Crippen LogP contribution in [0.15, 0.2) is 36.7 Å². The first-order valence-electron chi connectivity index (χ1n) is 6.58. The van der Waals surface area contributed by atoms with Crippen molar-refractivity contribution in [2.75, 3.05) is 18.5 Å². The molecule has 0 amide bonds. The van der Waals surface area contributed by atoms with E-state index in [0.29, 0.717) is 18.9 Å². The fraction of sp³-hybridized carbons (Fsp3) is 0.333. The Labute approximate surface area is 116 Å². The van der Waals surface area contributed by atoms with Crippen LogP contribution in [-0.2, 0) is 12.0 Å². The van der Waals surface area contributed by atoms with Crippen molar-refractivity contribution in [2.45, 2.75) is 18.4 Å². The SMILES string of the molecule is CN(CC1(O)CCc2ccccc21)c1ncc(F)cn1. The molecule has 0 radical (unpaired) electrons. The Hall–Kier alpha value is -2.01. The van der Waals surface area contributed by atoms with E-state index in [4.69, 9.17) is 0 Å². The number of aromatic nitrogens is 2. The highest BCUT2D eigenvalue weighted by molar-refractivity contribution is 5.40. The molecule has 0 spiro atoms. The number of hydrogen-bond donors (Lipinski definition) is 1. The molecule has 1 aromatic carbocycles. The molecule has 1 N–H and O–H groups in total. The van der Waals surface area contributed by atoms with E-state index >= 15 is 0 Å². The van der Waals surface area contributed by atoms with Crippen molar-refractivity contribution in [3.8, 4) is 0 Å². The first-order chi connectivity index (χ1) is 9.58. The molecule has 0 saturated heterocycles. The first kappa shape index (κ1) is 13.0. The molecule has 1 aliphatic carbocycles. The lowest BCUT2D eigenvalue weighted by Crippen LogP contribution is -2.38. The number of rotatable bonds is 3. The van der Waals surface area contributed by atoms with Gasteiger partial charge < -0.3 is 10.0 Å². The minimum atomic E-state index is -0.900. The summed E-state index contributed by atoms with van der Waals surface area (Å²) in [4.78, 5) is 9.62. The van der Waals surface area contributed by atoms with Gasteiger partial charge in [-0.1, -0.05) is 24.3 Å². The van der Waals surface area contributed by atoms with E-state index in [1.165, 1.54) is 5.56 Å². The van der Waals surface area contributed by atoms with Crippen LogP contribution in [0.1, 0.15) is 17.5 Å². The molecule has 0 aliphatic heterocycles. The molecule has 0 saturated carbocycles. The van der Waals surface area contributed by atoms with E-state index in [2.05, 4.69) is 9.97 Å². The minimum Gasteiger partial charge on any atom is -0.383 e. The third-order valence-corrected chi connectivity index (χ3v) is 3.77. The van der Waals surface area contributed by atoms with Crippen molar-refractivity contribution in [3.05, 3.63) is 53.6 Å². The summed E-state index contributed by atoms with van der Waals surface area (Å²) < 4.78 is 12.8. The maximum Gasteiger partial charge on any atom is 0.225 e. The zero-order chi connectivity index (χ0) is 14.2. The van der Waals surface area contributed by atoms with Gasteiger partial charge >= 0.3 is 0 Å². The standard InChI is InChI=1S/C15H16FN3O/c1-19(14-17-8-12(16)9-18-14)10-15(20)7-6-11-4-2-3-5-13(11)15/h2-5,8-9,20H,6-7,10H2,1H3. The highest BCUT2D eigenvalue weighted by atomic mass is 19.1. The summed E-state index contributed by atoms with van der Waals surface area (Å²) in [6, 6.07) is 7.92. The Balaban J connectivity index is 1.82. The number of aryl methyl sites for hydroxylation is 1. The van der Waals surface area contributed by atoms with Gasteiger partial charge in [0.15, 0.2) is 5.82 Å². The molecule has 2 aromatic rings. The van der Waals surface area contributed by atoms with Crippen molar-refractivity contribution >= 4 is 5.95 Å². The van der Waals surface area contributed by atoms with Crippen LogP contribution in [-0.4, -0.2) is 28.7 Å². The van der Waals surface area contributed by atoms with Gasteiger partial charge in [0.25, 0.3) is 0 Å². The molecule has 4 nitrogen and oxygen atoms in total. The molecule has 1 aromatic heterocycles. The van der Waals surface area contributed by atoms with Crippen LogP contribution in [0, 0.1) is 5.82 Å². The third kappa shape index (κ3) is 2.25. The lowest BCUT2D eigenvalue weighted by molar-refractivity contribution is 0.0467. The summed E-state index contributed by atoms with van der Waals surface area (Å²) >= 11 is 0. The van der Waals surface area contributed by atoms with Crippen LogP contribution in [0.5, 0.6) is 0 Å². The van der Waals surface area contributed by atoms with E-state index in [1.807, 2.05) is 24.3 Å². The largest absolute Gasteiger partial charge is 0.383 e. The maximum absolute atomic E-state index is 12.8. The Morgan fingerprint density at radius 3 is 2.75 bits per heavy atom. The van der Waals surface area contributed by atoms with E-state index < -0.39 is 11.4 Å². The van der Waals surface area contributed by atoms with Crippen LogP contribution in [0.4, 0.5) is 10.3 Å². The number of aliphatic hydroxyl groups is 1. The summed E-state index contributed by atoms with van der Waals surface area (Å²) in [5.41, 5.74) is 1.25. The number of hydrogen-bond acceptors (Lipinski definition) is 4. The van der Waals surface area contributed by atoms with Crippen LogP contribution in [0.25, 0.3) is 0 Å². The molecule has 20 heavy (non-hydrogen) atoms. The number of fused-ring (bicyclic) bond motifs is 1. The minimum absolute atomic E-state index is 0.385. The summed E-state index contributed by atoms with van der Waals surface area (Å²) in [6.45, 7) is 0.385. The third-order valence-electron chi connectivity index (χ3n) is 3.77. The molecule has 1 unspecified atom stereocenters. The fourth-order valence-electron chi connectivity index (χ4n) is 2.80. The first-order valence-corrected chi connectivity index (χ1v) is 6.58. The monoisotopic (exact) mass is 273 g/mol. The van der Waals surface area contributed by atoms with Gasteiger partial charge in [-0.2, -0.15) is 0 Å². The van der Waals surface area contributed by atoms with Crippen molar-refractivity contribution < 1.29 is 9.50 Å². The van der Waals surface area contributed by atoms with Crippen molar-refractivity contribution in [1.82, 2.24) is 9.97 Å². The topological polar surface area (TPSA) is 49.2 Å². The van der Waals surface area contributed by atoms with Crippen molar-refractivity contribution in [1.29, 1.82) is 0 Å². The van der Waals surface area contributed by atoms with Gasteiger partial charge in [0, 0.05) is 7.05 Å². The Morgan fingerprint density at radius 2 is 2.00 bits per heavy atom. The fourth-order valence-corrected chi connectivity index (χ4v) is 2.80. The summed E-state index contributed by atoms with van der Waals surface area (Å²) in [5, 5.41) is 10.9. The number of anilines is 1. The van der Waals surface area contributed by atoms with Crippen LogP contribution < -0.4 is 4.90 Å². The second-order valence-corrected chi connectivity index (χ2v) is 5.25. The van der Waals surface area contributed by atoms with Crippen molar-refractivity contribution in [2.24, 2.45) is 0 Å². The molecule has 1 aliphatic rings. The normalized spacial score (nSPS) is 20.8. The van der Waals surface area contributed by atoms with E-state index in [1.54, 1.807) is 11.9 Å². The quantitative estimate of drug-likeness (QED) is 0.927. The Kier molecular flexibility index (Phi) is 3.14.